The van der Waals surface area contributed by atoms with Gasteiger partial charge in [-0.2, -0.15) is 0 Å². The fraction of sp³-hybridized carbons (Fsp3) is 0.400. The number of anilines is 1. The van der Waals surface area contributed by atoms with Gasteiger partial charge in [-0.1, -0.05) is 11.6 Å². The topological polar surface area (TPSA) is 29.9 Å². The summed E-state index contributed by atoms with van der Waals surface area (Å²) in [7, 11) is 0. The predicted octanol–water partition coefficient (Wildman–Crippen LogP) is 4.09. The van der Waals surface area contributed by atoms with Crippen LogP contribution in [0, 0.1) is 20.8 Å². The number of aryl methyl sites for hydroxylation is 2. The van der Waals surface area contributed by atoms with Crippen LogP contribution in [0.5, 0.6) is 0 Å². The van der Waals surface area contributed by atoms with Crippen molar-refractivity contribution in [3.63, 3.8) is 0 Å². The maximum absolute atomic E-state index is 5.92. The molecule has 0 spiro atoms. The summed E-state index contributed by atoms with van der Waals surface area (Å²) >= 11 is 5.92. The van der Waals surface area contributed by atoms with E-state index in [9.17, 15) is 0 Å². The summed E-state index contributed by atoms with van der Waals surface area (Å²) < 4.78 is 2.32. The smallest absolute Gasteiger partial charge is 0.132 e. The van der Waals surface area contributed by atoms with Crippen LogP contribution in [0.1, 0.15) is 29.4 Å². The monoisotopic (exact) mass is 277 g/mol. The van der Waals surface area contributed by atoms with Gasteiger partial charge in [-0.05, 0) is 51.0 Å². The minimum atomic E-state index is 0.565. The summed E-state index contributed by atoms with van der Waals surface area (Å²) in [5.74, 6) is 0. The highest BCUT2D eigenvalue weighted by molar-refractivity contribution is 6.30. The molecule has 0 aliphatic heterocycles. The zero-order chi connectivity index (χ0) is 14.0. The van der Waals surface area contributed by atoms with Crippen LogP contribution in [0.15, 0.2) is 18.3 Å². The molecule has 102 valence electrons. The normalized spacial score (nSPS) is 10.8. The minimum absolute atomic E-state index is 0.565. The van der Waals surface area contributed by atoms with Gasteiger partial charge in [0.1, 0.15) is 5.15 Å². The Bertz CT molecular complexity index is 587. The Hall–Kier alpha value is -1.48. The van der Waals surface area contributed by atoms with E-state index in [4.69, 9.17) is 11.6 Å². The molecule has 0 aromatic carbocycles. The Balaban J connectivity index is 2.12. The Morgan fingerprint density at radius 1 is 1.26 bits per heavy atom. The van der Waals surface area contributed by atoms with Crippen LogP contribution in [0.3, 0.4) is 0 Å². The average Bonchev–Trinajstić information content (AvgIpc) is 2.65. The van der Waals surface area contributed by atoms with E-state index in [1.807, 2.05) is 13.0 Å². The third kappa shape index (κ3) is 2.92. The lowest BCUT2D eigenvalue weighted by atomic mass is 10.2. The summed E-state index contributed by atoms with van der Waals surface area (Å²) in [4.78, 5) is 4.15. The van der Waals surface area contributed by atoms with Gasteiger partial charge in [-0.15, -0.1) is 0 Å². The average molecular weight is 278 g/mol. The molecule has 2 heterocycles. The molecule has 0 unspecified atom stereocenters. The van der Waals surface area contributed by atoms with E-state index in [1.165, 1.54) is 17.0 Å². The Morgan fingerprint density at radius 3 is 2.58 bits per heavy atom. The Morgan fingerprint density at radius 2 is 2.00 bits per heavy atom. The number of nitrogens with one attached hydrogen (secondary N) is 1. The lowest BCUT2D eigenvalue weighted by molar-refractivity contribution is 0.715. The SMILES string of the molecule is CCn1c(C)cc(CNc2cnc(Cl)c(C)c2)c1C. The van der Waals surface area contributed by atoms with Gasteiger partial charge < -0.3 is 9.88 Å². The lowest BCUT2D eigenvalue weighted by Gasteiger charge is -2.09. The molecule has 0 saturated heterocycles. The largest absolute Gasteiger partial charge is 0.380 e. The van der Waals surface area contributed by atoms with Gasteiger partial charge >= 0.3 is 0 Å². The first kappa shape index (κ1) is 13.9. The number of aromatic nitrogens is 2. The first-order valence-corrected chi connectivity index (χ1v) is 6.92. The van der Waals surface area contributed by atoms with Gasteiger partial charge in [0, 0.05) is 24.5 Å². The van der Waals surface area contributed by atoms with Crippen molar-refractivity contribution in [3.05, 3.63) is 46.0 Å². The van der Waals surface area contributed by atoms with Crippen molar-refractivity contribution in [1.29, 1.82) is 0 Å². The Labute approximate surface area is 119 Å². The molecule has 2 aromatic rings. The van der Waals surface area contributed by atoms with E-state index in [0.29, 0.717) is 5.15 Å². The van der Waals surface area contributed by atoms with Crippen molar-refractivity contribution in [2.45, 2.75) is 40.8 Å². The number of rotatable bonds is 4. The fourth-order valence-electron chi connectivity index (χ4n) is 2.39. The molecule has 0 radical (unpaired) electrons. The number of halogens is 1. The first-order chi connectivity index (χ1) is 9.02. The van der Waals surface area contributed by atoms with Crippen LogP contribution in [0.2, 0.25) is 5.15 Å². The molecule has 0 bridgehead atoms. The van der Waals surface area contributed by atoms with Crippen LogP contribution >= 0.6 is 11.6 Å². The standard InChI is InChI=1S/C15H20ClN3/c1-5-19-11(3)7-13(12(19)4)8-17-14-6-10(2)15(16)18-9-14/h6-7,9,17H,5,8H2,1-4H3. The van der Waals surface area contributed by atoms with E-state index in [1.54, 1.807) is 6.20 Å². The molecule has 3 nitrogen and oxygen atoms in total. The van der Waals surface area contributed by atoms with E-state index in [-0.39, 0.29) is 0 Å². The molecule has 19 heavy (non-hydrogen) atoms. The molecule has 0 amide bonds. The van der Waals surface area contributed by atoms with Gasteiger partial charge in [0.25, 0.3) is 0 Å². The lowest BCUT2D eigenvalue weighted by Crippen LogP contribution is -2.03. The molecule has 1 N–H and O–H groups in total. The highest BCUT2D eigenvalue weighted by Crippen LogP contribution is 2.19. The van der Waals surface area contributed by atoms with Crippen molar-refractivity contribution in [3.8, 4) is 0 Å². The van der Waals surface area contributed by atoms with E-state index in [0.717, 1.165) is 24.3 Å². The highest BCUT2D eigenvalue weighted by atomic mass is 35.5. The van der Waals surface area contributed by atoms with Crippen molar-refractivity contribution in [2.75, 3.05) is 5.32 Å². The van der Waals surface area contributed by atoms with Crippen molar-refractivity contribution in [1.82, 2.24) is 9.55 Å². The zero-order valence-electron chi connectivity index (χ0n) is 11.9. The van der Waals surface area contributed by atoms with Crippen molar-refractivity contribution < 1.29 is 0 Å². The minimum Gasteiger partial charge on any atom is -0.380 e. The molecule has 0 aliphatic carbocycles. The van der Waals surface area contributed by atoms with Crippen LogP contribution < -0.4 is 5.32 Å². The molecule has 0 fully saturated rings. The second-order valence-electron chi connectivity index (χ2n) is 4.83. The molecule has 0 saturated carbocycles. The second kappa shape index (κ2) is 5.66. The molecular formula is C15H20ClN3. The summed E-state index contributed by atoms with van der Waals surface area (Å²) in [6, 6.07) is 4.26. The summed E-state index contributed by atoms with van der Waals surface area (Å²) in [6.45, 7) is 10.3. The van der Waals surface area contributed by atoms with Crippen LogP contribution in [0.4, 0.5) is 5.69 Å². The molecule has 0 aliphatic rings. The van der Waals surface area contributed by atoms with E-state index in [2.05, 4.69) is 41.7 Å². The highest BCUT2D eigenvalue weighted by Gasteiger charge is 2.07. The number of nitrogens with zero attached hydrogens (tertiary/aromatic N) is 2. The maximum Gasteiger partial charge on any atom is 0.132 e. The summed E-state index contributed by atoms with van der Waals surface area (Å²) in [5, 5.41) is 3.96. The van der Waals surface area contributed by atoms with Crippen LogP contribution in [-0.2, 0) is 13.1 Å². The molecular weight excluding hydrogens is 258 g/mol. The number of hydrogen-bond acceptors (Lipinski definition) is 2. The predicted molar refractivity (Wildman–Crippen MR) is 80.9 cm³/mol. The number of hydrogen-bond donors (Lipinski definition) is 1. The van der Waals surface area contributed by atoms with E-state index >= 15 is 0 Å². The van der Waals surface area contributed by atoms with Gasteiger partial charge in [0.15, 0.2) is 0 Å². The van der Waals surface area contributed by atoms with Gasteiger partial charge in [-0.25, -0.2) is 4.98 Å². The fourth-order valence-corrected chi connectivity index (χ4v) is 2.49. The summed E-state index contributed by atoms with van der Waals surface area (Å²) in [6.07, 6.45) is 1.77. The number of pyridine rings is 1. The van der Waals surface area contributed by atoms with Crippen LogP contribution in [-0.4, -0.2) is 9.55 Å². The zero-order valence-corrected chi connectivity index (χ0v) is 12.7. The second-order valence-corrected chi connectivity index (χ2v) is 5.18. The molecule has 0 atom stereocenters. The van der Waals surface area contributed by atoms with Gasteiger partial charge in [-0.3, -0.25) is 0 Å². The van der Waals surface area contributed by atoms with Gasteiger partial charge in [0.2, 0.25) is 0 Å². The first-order valence-electron chi connectivity index (χ1n) is 6.54. The Kier molecular flexibility index (Phi) is 4.15. The third-order valence-corrected chi connectivity index (χ3v) is 3.89. The molecule has 4 heteroatoms. The van der Waals surface area contributed by atoms with Crippen molar-refractivity contribution in [2.24, 2.45) is 0 Å². The van der Waals surface area contributed by atoms with E-state index < -0.39 is 0 Å². The van der Waals surface area contributed by atoms with Crippen molar-refractivity contribution >= 4 is 17.3 Å². The summed E-state index contributed by atoms with van der Waals surface area (Å²) in [5.41, 5.74) is 5.95. The van der Waals surface area contributed by atoms with Gasteiger partial charge in [0.05, 0.1) is 11.9 Å². The maximum atomic E-state index is 5.92. The molecule has 2 rings (SSSR count). The molecule has 2 aromatic heterocycles. The van der Waals surface area contributed by atoms with Crippen LogP contribution in [0.25, 0.3) is 0 Å². The quantitative estimate of drug-likeness (QED) is 0.853. The third-order valence-electron chi connectivity index (χ3n) is 3.49.